The van der Waals surface area contributed by atoms with Crippen molar-refractivity contribution in [1.82, 2.24) is 36.0 Å². The SMILES string of the molecule is C=CS(=O)(=O)CCC(=O)NCCOCCOCCNC(=O)CN(CCOC(=O)CN(C)CC(=O)OCCOCCNC(=O)OCCC)CCOC(=O)CN(C)CC(=O)OCCOCCNC(=O)OCCC. The summed E-state index contributed by atoms with van der Waals surface area (Å²) < 4.78 is 75.0. The first-order valence-electron chi connectivity index (χ1n) is 23.2. The zero-order valence-electron chi connectivity index (χ0n) is 41.7. The summed E-state index contributed by atoms with van der Waals surface area (Å²) in [4.78, 5) is 101. The van der Waals surface area contributed by atoms with Gasteiger partial charge in [-0.25, -0.2) is 18.0 Å². The van der Waals surface area contributed by atoms with E-state index in [0.717, 1.165) is 5.41 Å². The summed E-state index contributed by atoms with van der Waals surface area (Å²) in [7, 11) is -0.424. The number of amides is 4. The normalized spacial score (nSPS) is 11.1. The average molecular weight is 1040 g/mol. The van der Waals surface area contributed by atoms with Gasteiger partial charge in [-0.05, 0) is 26.9 Å². The number of rotatable bonds is 45. The summed E-state index contributed by atoms with van der Waals surface area (Å²) >= 11 is 0. The zero-order chi connectivity index (χ0) is 53.0. The monoisotopic (exact) mass is 1040 g/mol. The quantitative estimate of drug-likeness (QED) is 0.0287. The number of hydrogen-bond acceptors (Lipinski definition) is 23. The molecule has 0 aromatic heterocycles. The van der Waals surface area contributed by atoms with Gasteiger partial charge in [-0.15, -0.1) is 0 Å². The maximum Gasteiger partial charge on any atom is 0.407 e. The van der Waals surface area contributed by atoms with E-state index in [4.69, 9.17) is 47.4 Å². The van der Waals surface area contributed by atoms with Crippen molar-refractivity contribution in [2.75, 3.05) is 184 Å². The number of alkyl carbamates (subject to hydrolysis) is 2. The summed E-state index contributed by atoms with van der Waals surface area (Å²) in [5.74, 6) is -3.68. The number of carbonyl (C=O) groups excluding carboxylic acids is 8. The standard InChI is InChI=1S/C43H77N7O20S/c1-6-16-69-42(57)46-12-20-63-26-28-67-40(55)34-48(4)32-38(53)65-22-14-50(31-37(52)45-11-19-62-25-24-61-18-10-44-36(51)9-30-71(59,60)8-3)15-23-66-39(54)33-49(5)35-41(56)68-29-27-64-21-13-47-43(58)70-17-7-2/h8H,3,6-7,9-35H2,1-2,4-5H3,(H,44,51)(H,45,52)(H,46,57)(H,47,58). The van der Waals surface area contributed by atoms with E-state index in [2.05, 4.69) is 27.8 Å². The number of carbonyl (C=O) groups is 8. The molecule has 0 saturated heterocycles. The number of hydrogen-bond donors (Lipinski definition) is 4. The smallest absolute Gasteiger partial charge is 0.407 e. The molecule has 0 radical (unpaired) electrons. The van der Waals surface area contributed by atoms with Gasteiger partial charge in [0.05, 0.1) is 105 Å². The Hall–Kier alpha value is -5.23. The van der Waals surface area contributed by atoms with Crippen LogP contribution in [0.1, 0.15) is 33.1 Å². The average Bonchev–Trinajstić information content (AvgIpc) is 3.31. The van der Waals surface area contributed by atoms with Gasteiger partial charge in [-0.1, -0.05) is 20.4 Å². The molecule has 0 unspecified atom stereocenters. The molecule has 4 N–H and O–H groups in total. The first-order chi connectivity index (χ1) is 34.0. The lowest BCUT2D eigenvalue weighted by molar-refractivity contribution is -0.150. The van der Waals surface area contributed by atoms with Gasteiger partial charge in [0.15, 0.2) is 9.84 Å². The molecule has 0 fully saturated rings. The predicted octanol–water partition coefficient (Wildman–Crippen LogP) is -2.16. The third-order valence-corrected chi connectivity index (χ3v) is 9.85. The summed E-state index contributed by atoms with van der Waals surface area (Å²) in [6.07, 6.45) is 0.126. The second-order valence-corrected chi connectivity index (χ2v) is 17.1. The van der Waals surface area contributed by atoms with Crippen LogP contribution in [-0.4, -0.2) is 255 Å². The zero-order valence-corrected chi connectivity index (χ0v) is 42.5. The van der Waals surface area contributed by atoms with E-state index in [1.54, 1.807) is 4.90 Å². The van der Waals surface area contributed by atoms with Crippen LogP contribution in [0.5, 0.6) is 0 Å². The fourth-order valence-corrected chi connectivity index (χ4v) is 5.75. The molecule has 0 heterocycles. The first kappa shape index (κ1) is 65.8. The number of sulfone groups is 1. The van der Waals surface area contributed by atoms with E-state index < -0.39 is 57.7 Å². The molecule has 0 aliphatic heterocycles. The van der Waals surface area contributed by atoms with Gasteiger partial charge in [-0.3, -0.25) is 43.5 Å². The Morgan fingerprint density at radius 2 is 0.803 bits per heavy atom. The lowest BCUT2D eigenvalue weighted by Crippen LogP contribution is -2.42. The number of nitrogens with zero attached hydrogens (tertiary/aromatic N) is 3. The molecule has 0 bridgehead atoms. The summed E-state index contributed by atoms with van der Waals surface area (Å²) in [5.41, 5.74) is 0. The van der Waals surface area contributed by atoms with E-state index in [9.17, 15) is 46.8 Å². The van der Waals surface area contributed by atoms with Crippen LogP contribution in [0.25, 0.3) is 0 Å². The summed E-state index contributed by atoms with van der Waals surface area (Å²) in [5, 5.41) is 11.1. The highest BCUT2D eigenvalue weighted by molar-refractivity contribution is 7.94. The van der Waals surface area contributed by atoms with E-state index in [1.165, 1.54) is 23.9 Å². The molecule has 0 saturated carbocycles. The van der Waals surface area contributed by atoms with Gasteiger partial charge in [0.25, 0.3) is 0 Å². The van der Waals surface area contributed by atoms with E-state index in [1.807, 2.05) is 13.8 Å². The third-order valence-electron chi connectivity index (χ3n) is 8.57. The Bertz CT molecular complexity index is 1590. The minimum absolute atomic E-state index is 0.0388. The molecule has 0 aliphatic rings. The second-order valence-electron chi connectivity index (χ2n) is 15.1. The fraction of sp³-hybridized carbons (Fsp3) is 0.767. The van der Waals surface area contributed by atoms with Gasteiger partial charge in [0, 0.05) is 51.1 Å². The minimum atomic E-state index is -3.47. The highest BCUT2D eigenvalue weighted by Gasteiger charge is 2.18. The lowest BCUT2D eigenvalue weighted by atomic mass is 10.4. The molecule has 4 amide bonds. The highest BCUT2D eigenvalue weighted by atomic mass is 32.2. The summed E-state index contributed by atoms with van der Waals surface area (Å²) in [6.45, 7) is 8.29. The van der Waals surface area contributed by atoms with Gasteiger partial charge in [0.1, 0.15) is 26.4 Å². The van der Waals surface area contributed by atoms with Crippen LogP contribution in [-0.2, 0) is 86.0 Å². The van der Waals surface area contributed by atoms with Crippen LogP contribution in [0.15, 0.2) is 12.0 Å². The molecular weight excluding hydrogens is 967 g/mol. The maximum absolute atomic E-state index is 12.8. The van der Waals surface area contributed by atoms with Crippen LogP contribution < -0.4 is 21.3 Å². The Labute approximate surface area is 416 Å². The van der Waals surface area contributed by atoms with E-state index >= 15 is 0 Å². The molecule has 410 valence electrons. The molecule has 0 spiro atoms. The van der Waals surface area contributed by atoms with Crippen LogP contribution in [0.4, 0.5) is 9.59 Å². The molecule has 28 heteroatoms. The van der Waals surface area contributed by atoms with Crippen LogP contribution >= 0.6 is 0 Å². The molecule has 27 nitrogen and oxygen atoms in total. The minimum Gasteiger partial charge on any atom is -0.463 e. The summed E-state index contributed by atoms with van der Waals surface area (Å²) in [6, 6.07) is 0. The predicted molar refractivity (Wildman–Crippen MR) is 252 cm³/mol. The second kappa shape index (κ2) is 43.5. The molecule has 0 atom stereocenters. The van der Waals surface area contributed by atoms with Crippen molar-refractivity contribution >= 4 is 57.7 Å². The Kier molecular flexibility index (Phi) is 40.3. The fourth-order valence-electron chi connectivity index (χ4n) is 5.11. The number of likely N-dealkylation sites (N-methyl/N-ethyl adjacent to an activating group) is 2. The van der Waals surface area contributed by atoms with Crippen molar-refractivity contribution < 1.29 is 94.1 Å². The maximum atomic E-state index is 12.8. The van der Waals surface area contributed by atoms with Crippen molar-refractivity contribution in [3.8, 4) is 0 Å². The number of ether oxygens (including phenoxy) is 10. The molecule has 0 rings (SSSR count). The van der Waals surface area contributed by atoms with Crippen LogP contribution in [0.3, 0.4) is 0 Å². The first-order valence-corrected chi connectivity index (χ1v) is 24.9. The lowest BCUT2D eigenvalue weighted by Gasteiger charge is -2.22. The van der Waals surface area contributed by atoms with E-state index in [-0.39, 0.29) is 163 Å². The number of esters is 4. The topological polar surface area (TPSA) is 321 Å². The molecule has 0 aliphatic carbocycles. The van der Waals surface area contributed by atoms with Gasteiger partial charge < -0.3 is 68.6 Å². The Morgan fingerprint density at radius 3 is 1.18 bits per heavy atom. The largest absolute Gasteiger partial charge is 0.463 e. The van der Waals surface area contributed by atoms with Crippen molar-refractivity contribution in [1.29, 1.82) is 0 Å². The molecular formula is C43H77N7O20S. The number of nitrogens with one attached hydrogen (secondary N) is 4. The van der Waals surface area contributed by atoms with E-state index in [0.29, 0.717) is 26.1 Å². The molecule has 0 aromatic carbocycles. The van der Waals surface area contributed by atoms with Crippen molar-refractivity contribution in [2.24, 2.45) is 0 Å². The van der Waals surface area contributed by atoms with Gasteiger partial charge in [0.2, 0.25) is 11.8 Å². The molecule has 71 heavy (non-hydrogen) atoms. The van der Waals surface area contributed by atoms with Crippen LogP contribution in [0, 0.1) is 0 Å². The van der Waals surface area contributed by atoms with Crippen LogP contribution in [0.2, 0.25) is 0 Å². The van der Waals surface area contributed by atoms with Gasteiger partial charge >= 0.3 is 36.1 Å². The highest BCUT2D eigenvalue weighted by Crippen LogP contribution is 1.97. The molecule has 0 aromatic rings. The van der Waals surface area contributed by atoms with Crippen molar-refractivity contribution in [2.45, 2.75) is 33.1 Å². The Balaban J connectivity index is 4.76. The Morgan fingerprint density at radius 1 is 0.451 bits per heavy atom. The van der Waals surface area contributed by atoms with Gasteiger partial charge in [-0.2, -0.15) is 0 Å². The van der Waals surface area contributed by atoms with Crippen molar-refractivity contribution in [3.05, 3.63) is 12.0 Å². The third kappa shape index (κ3) is 43.3. The van der Waals surface area contributed by atoms with Crippen molar-refractivity contribution in [3.63, 3.8) is 0 Å².